The van der Waals surface area contributed by atoms with Crippen LogP contribution in [-0.2, 0) is 19.6 Å². The normalized spacial score (nSPS) is 16.0. The van der Waals surface area contributed by atoms with E-state index < -0.39 is 28.5 Å². The predicted octanol–water partition coefficient (Wildman–Crippen LogP) is -0.0388. The zero-order valence-electron chi connectivity index (χ0n) is 13.6. The van der Waals surface area contributed by atoms with E-state index in [-0.39, 0.29) is 37.5 Å². The number of carbonyl (C=O) groups is 2. The molecule has 132 valence electrons. The van der Waals surface area contributed by atoms with E-state index in [9.17, 15) is 23.1 Å². The van der Waals surface area contributed by atoms with E-state index in [4.69, 9.17) is 4.74 Å². The quantitative estimate of drug-likeness (QED) is 0.759. The number of rotatable bonds is 4. The molecule has 9 heteroatoms. The second kappa shape index (κ2) is 7.18. The van der Waals surface area contributed by atoms with Crippen LogP contribution in [0.2, 0.25) is 0 Å². The van der Waals surface area contributed by atoms with E-state index in [2.05, 4.69) is 0 Å². The fraction of sp³-hybridized carbons (Fsp3) is 0.467. The number of phenolic OH excluding ortho intramolecular Hbond substituents is 1. The lowest BCUT2D eigenvalue weighted by Gasteiger charge is -2.33. The average Bonchev–Trinajstić information content (AvgIpc) is 2.51. The second-order valence-corrected chi connectivity index (χ2v) is 7.62. The third-order valence-electron chi connectivity index (χ3n) is 3.76. The molecule has 24 heavy (non-hydrogen) atoms. The maximum atomic E-state index is 12.0. The standard InChI is InChI=1S/C15H20N2O6S/c1-11-3-4-12(13(18)9-11)15(20)23-10-14(19)16-5-7-17(8-6-16)24(2,21)22/h3-4,9,18H,5-8,10H2,1-2H3. The molecule has 1 aromatic carbocycles. The Hall–Kier alpha value is -2.13. The lowest BCUT2D eigenvalue weighted by molar-refractivity contribution is -0.135. The first-order chi connectivity index (χ1) is 11.2. The van der Waals surface area contributed by atoms with Crippen LogP contribution in [0.4, 0.5) is 0 Å². The summed E-state index contributed by atoms with van der Waals surface area (Å²) in [6.45, 7) is 2.26. The summed E-state index contributed by atoms with van der Waals surface area (Å²) in [5.74, 6) is -1.38. The zero-order chi connectivity index (χ0) is 17.9. The van der Waals surface area contributed by atoms with Crippen LogP contribution in [0.25, 0.3) is 0 Å². The lowest BCUT2D eigenvalue weighted by Crippen LogP contribution is -2.51. The van der Waals surface area contributed by atoms with Gasteiger partial charge in [-0.05, 0) is 24.6 Å². The highest BCUT2D eigenvalue weighted by molar-refractivity contribution is 7.88. The molecule has 0 bridgehead atoms. The largest absolute Gasteiger partial charge is 0.507 e. The Kier molecular flexibility index (Phi) is 5.45. The number of sulfonamides is 1. The summed E-state index contributed by atoms with van der Waals surface area (Å²) in [5.41, 5.74) is 0.791. The van der Waals surface area contributed by atoms with Gasteiger partial charge in [-0.15, -0.1) is 0 Å². The van der Waals surface area contributed by atoms with Gasteiger partial charge in [-0.2, -0.15) is 4.31 Å². The zero-order valence-corrected chi connectivity index (χ0v) is 14.4. The van der Waals surface area contributed by atoms with Gasteiger partial charge in [0.05, 0.1) is 6.26 Å². The third-order valence-corrected chi connectivity index (χ3v) is 5.06. The van der Waals surface area contributed by atoms with Crippen LogP contribution >= 0.6 is 0 Å². The first-order valence-corrected chi connectivity index (χ1v) is 9.23. The molecule has 1 heterocycles. The molecule has 0 unspecified atom stereocenters. The summed E-state index contributed by atoms with van der Waals surface area (Å²) in [5, 5.41) is 9.72. The van der Waals surface area contributed by atoms with Gasteiger partial charge < -0.3 is 14.7 Å². The monoisotopic (exact) mass is 356 g/mol. The van der Waals surface area contributed by atoms with E-state index in [1.54, 1.807) is 13.0 Å². The van der Waals surface area contributed by atoms with Crippen LogP contribution < -0.4 is 0 Å². The van der Waals surface area contributed by atoms with Gasteiger partial charge >= 0.3 is 5.97 Å². The molecule has 1 amide bonds. The molecule has 1 saturated heterocycles. The van der Waals surface area contributed by atoms with E-state index in [1.165, 1.54) is 21.3 Å². The van der Waals surface area contributed by atoms with E-state index >= 15 is 0 Å². The van der Waals surface area contributed by atoms with Gasteiger partial charge in [0.25, 0.3) is 5.91 Å². The fourth-order valence-electron chi connectivity index (χ4n) is 2.38. The smallest absolute Gasteiger partial charge is 0.342 e. The minimum absolute atomic E-state index is 0.00436. The SMILES string of the molecule is Cc1ccc(C(=O)OCC(=O)N2CCN(S(C)(=O)=O)CC2)c(O)c1. The molecule has 0 aromatic heterocycles. The Morgan fingerprint density at radius 2 is 1.83 bits per heavy atom. The van der Waals surface area contributed by atoms with Crippen molar-refractivity contribution in [2.24, 2.45) is 0 Å². The number of hydrogen-bond donors (Lipinski definition) is 1. The number of aromatic hydroxyl groups is 1. The minimum atomic E-state index is -3.26. The first-order valence-electron chi connectivity index (χ1n) is 7.38. The molecule has 1 aliphatic rings. The van der Waals surface area contributed by atoms with Gasteiger partial charge in [0.2, 0.25) is 10.0 Å². The van der Waals surface area contributed by atoms with Crippen molar-refractivity contribution in [2.45, 2.75) is 6.92 Å². The predicted molar refractivity (Wildman–Crippen MR) is 86.1 cm³/mol. The number of ether oxygens (including phenoxy) is 1. The van der Waals surface area contributed by atoms with E-state index in [1.807, 2.05) is 0 Å². The first kappa shape index (κ1) is 18.2. The van der Waals surface area contributed by atoms with Crippen molar-refractivity contribution in [1.82, 2.24) is 9.21 Å². The van der Waals surface area contributed by atoms with Crippen LogP contribution in [-0.4, -0.2) is 73.6 Å². The summed E-state index contributed by atoms with van der Waals surface area (Å²) in [4.78, 5) is 25.4. The third kappa shape index (κ3) is 4.45. The van der Waals surface area contributed by atoms with Gasteiger partial charge in [0.15, 0.2) is 6.61 Å². The molecule has 0 radical (unpaired) electrons. The summed E-state index contributed by atoms with van der Waals surface area (Å²) >= 11 is 0. The summed E-state index contributed by atoms with van der Waals surface area (Å²) in [7, 11) is -3.26. The molecule has 1 fully saturated rings. The molecule has 0 aliphatic carbocycles. The molecule has 1 N–H and O–H groups in total. The van der Waals surface area contributed by atoms with Crippen molar-refractivity contribution in [1.29, 1.82) is 0 Å². The van der Waals surface area contributed by atoms with Crippen LogP contribution in [0.15, 0.2) is 18.2 Å². The van der Waals surface area contributed by atoms with Gasteiger partial charge in [0.1, 0.15) is 11.3 Å². The Morgan fingerprint density at radius 1 is 1.21 bits per heavy atom. The Labute approximate surface area is 140 Å². The highest BCUT2D eigenvalue weighted by Gasteiger charge is 2.26. The fourth-order valence-corrected chi connectivity index (χ4v) is 3.21. The number of aryl methyl sites for hydroxylation is 1. The molecule has 8 nitrogen and oxygen atoms in total. The van der Waals surface area contributed by atoms with Gasteiger partial charge in [-0.3, -0.25) is 4.79 Å². The van der Waals surface area contributed by atoms with Gasteiger partial charge in [-0.1, -0.05) is 6.07 Å². The van der Waals surface area contributed by atoms with Crippen LogP contribution in [0.1, 0.15) is 15.9 Å². The number of carbonyl (C=O) groups excluding carboxylic acids is 2. The van der Waals surface area contributed by atoms with E-state index in [0.717, 1.165) is 11.8 Å². The molecule has 2 rings (SSSR count). The molecule has 1 aliphatic heterocycles. The Balaban J connectivity index is 1.86. The minimum Gasteiger partial charge on any atom is -0.507 e. The second-order valence-electron chi connectivity index (χ2n) is 5.64. The van der Waals surface area contributed by atoms with E-state index in [0.29, 0.717) is 0 Å². The number of hydrogen-bond acceptors (Lipinski definition) is 6. The molecule has 0 spiro atoms. The number of esters is 1. The van der Waals surface area contributed by atoms with Crippen molar-refractivity contribution >= 4 is 21.9 Å². The molecular formula is C15H20N2O6S. The summed E-state index contributed by atoms with van der Waals surface area (Å²) in [6.07, 6.45) is 1.13. The van der Waals surface area contributed by atoms with Crippen molar-refractivity contribution in [3.8, 4) is 5.75 Å². The van der Waals surface area contributed by atoms with Crippen molar-refractivity contribution in [3.63, 3.8) is 0 Å². The van der Waals surface area contributed by atoms with Crippen LogP contribution in [0.3, 0.4) is 0 Å². The van der Waals surface area contributed by atoms with Gasteiger partial charge in [0, 0.05) is 26.2 Å². The average molecular weight is 356 g/mol. The maximum absolute atomic E-state index is 12.0. The summed E-state index contributed by atoms with van der Waals surface area (Å²) < 4.78 is 29.1. The Bertz CT molecular complexity index is 738. The molecule has 1 aromatic rings. The topological polar surface area (TPSA) is 104 Å². The summed E-state index contributed by atoms with van der Waals surface area (Å²) in [6, 6.07) is 4.52. The molecule has 0 saturated carbocycles. The van der Waals surface area contributed by atoms with Crippen molar-refractivity contribution in [3.05, 3.63) is 29.3 Å². The van der Waals surface area contributed by atoms with Crippen LogP contribution in [0.5, 0.6) is 5.75 Å². The maximum Gasteiger partial charge on any atom is 0.342 e. The van der Waals surface area contributed by atoms with Crippen molar-refractivity contribution in [2.75, 3.05) is 39.0 Å². The molecular weight excluding hydrogens is 336 g/mol. The van der Waals surface area contributed by atoms with Crippen LogP contribution in [0, 0.1) is 6.92 Å². The van der Waals surface area contributed by atoms with Crippen molar-refractivity contribution < 1.29 is 27.9 Å². The number of amides is 1. The number of phenols is 1. The Morgan fingerprint density at radius 3 is 2.38 bits per heavy atom. The lowest BCUT2D eigenvalue weighted by atomic mass is 10.1. The number of benzene rings is 1. The number of piperazine rings is 1. The highest BCUT2D eigenvalue weighted by atomic mass is 32.2. The molecule has 0 atom stereocenters. The highest BCUT2D eigenvalue weighted by Crippen LogP contribution is 2.19. The van der Waals surface area contributed by atoms with Gasteiger partial charge in [-0.25, -0.2) is 13.2 Å². The number of nitrogens with zero attached hydrogens (tertiary/aromatic N) is 2.